The van der Waals surface area contributed by atoms with Crippen LogP contribution < -0.4 is 4.90 Å². The van der Waals surface area contributed by atoms with Crippen molar-refractivity contribution < 1.29 is 4.79 Å². The smallest absolute Gasteiger partial charge is 0.150 e. The SMILES string of the molecule is CN(Cc1ccncc1)c1ccc(C=O)cc1C#N. The van der Waals surface area contributed by atoms with E-state index in [9.17, 15) is 4.79 Å². The summed E-state index contributed by atoms with van der Waals surface area (Å²) < 4.78 is 0. The molecule has 0 radical (unpaired) electrons. The molecule has 4 heteroatoms. The minimum atomic E-state index is 0.501. The summed E-state index contributed by atoms with van der Waals surface area (Å²) in [5, 5.41) is 9.15. The van der Waals surface area contributed by atoms with Crippen molar-refractivity contribution >= 4 is 12.0 Å². The molecule has 1 aromatic carbocycles. The number of benzene rings is 1. The van der Waals surface area contributed by atoms with Crippen LogP contribution in [0.5, 0.6) is 0 Å². The first-order valence-electron chi connectivity index (χ1n) is 5.84. The maximum absolute atomic E-state index is 10.7. The van der Waals surface area contributed by atoms with Crippen LogP contribution >= 0.6 is 0 Å². The molecule has 0 N–H and O–H groups in total. The molecule has 94 valence electrons. The van der Waals surface area contributed by atoms with Gasteiger partial charge in [0.15, 0.2) is 0 Å². The average Bonchev–Trinajstić information content (AvgIpc) is 2.47. The Bertz CT molecular complexity index is 617. The van der Waals surface area contributed by atoms with Gasteiger partial charge in [-0.3, -0.25) is 9.78 Å². The Morgan fingerprint density at radius 2 is 2.05 bits per heavy atom. The van der Waals surface area contributed by atoms with Crippen LogP contribution in [0.1, 0.15) is 21.5 Å². The van der Waals surface area contributed by atoms with Gasteiger partial charge in [0.25, 0.3) is 0 Å². The molecule has 0 amide bonds. The van der Waals surface area contributed by atoms with Crippen molar-refractivity contribution in [2.75, 3.05) is 11.9 Å². The highest BCUT2D eigenvalue weighted by Crippen LogP contribution is 2.21. The Hall–Kier alpha value is -2.67. The van der Waals surface area contributed by atoms with Crippen LogP contribution in [-0.4, -0.2) is 18.3 Å². The number of hydrogen-bond acceptors (Lipinski definition) is 4. The fourth-order valence-electron chi connectivity index (χ4n) is 1.90. The van der Waals surface area contributed by atoms with Gasteiger partial charge in [0.05, 0.1) is 11.3 Å². The number of hydrogen-bond donors (Lipinski definition) is 0. The summed E-state index contributed by atoms with van der Waals surface area (Å²) in [6.07, 6.45) is 4.22. The van der Waals surface area contributed by atoms with E-state index in [2.05, 4.69) is 11.1 Å². The second-order valence-corrected chi connectivity index (χ2v) is 4.22. The van der Waals surface area contributed by atoms with Crippen molar-refractivity contribution in [2.24, 2.45) is 0 Å². The van der Waals surface area contributed by atoms with E-state index in [1.165, 1.54) is 0 Å². The van der Waals surface area contributed by atoms with Crippen LogP contribution in [0.25, 0.3) is 0 Å². The summed E-state index contributed by atoms with van der Waals surface area (Å²) in [6.45, 7) is 0.678. The monoisotopic (exact) mass is 251 g/mol. The van der Waals surface area contributed by atoms with E-state index in [4.69, 9.17) is 5.26 Å². The summed E-state index contributed by atoms with van der Waals surface area (Å²) in [7, 11) is 1.91. The third-order valence-corrected chi connectivity index (χ3v) is 2.86. The van der Waals surface area contributed by atoms with Gasteiger partial charge in [-0.2, -0.15) is 5.26 Å². The first-order valence-corrected chi connectivity index (χ1v) is 5.84. The van der Waals surface area contributed by atoms with Gasteiger partial charge in [0, 0.05) is 31.5 Å². The highest BCUT2D eigenvalue weighted by molar-refractivity contribution is 5.78. The predicted octanol–water partition coefficient (Wildman–Crippen LogP) is 2.40. The lowest BCUT2D eigenvalue weighted by Gasteiger charge is -2.20. The van der Waals surface area contributed by atoms with Crippen LogP contribution in [0.15, 0.2) is 42.7 Å². The molecule has 0 unspecified atom stereocenters. The van der Waals surface area contributed by atoms with Crippen LogP contribution in [0, 0.1) is 11.3 Å². The Balaban J connectivity index is 2.26. The number of nitrogens with zero attached hydrogens (tertiary/aromatic N) is 3. The van der Waals surface area contributed by atoms with Gasteiger partial charge in [-0.15, -0.1) is 0 Å². The van der Waals surface area contributed by atoms with Gasteiger partial charge in [-0.1, -0.05) is 0 Å². The minimum absolute atomic E-state index is 0.501. The normalized spacial score (nSPS) is 9.68. The molecule has 0 saturated carbocycles. The molecular formula is C15H13N3O. The van der Waals surface area contributed by atoms with Gasteiger partial charge >= 0.3 is 0 Å². The number of carbonyl (C=O) groups is 1. The van der Waals surface area contributed by atoms with Gasteiger partial charge in [-0.05, 0) is 35.9 Å². The van der Waals surface area contributed by atoms with E-state index in [1.54, 1.807) is 30.6 Å². The van der Waals surface area contributed by atoms with E-state index < -0.39 is 0 Å². The molecule has 0 fully saturated rings. The van der Waals surface area contributed by atoms with E-state index in [0.717, 1.165) is 17.5 Å². The Morgan fingerprint density at radius 3 is 2.68 bits per heavy atom. The fraction of sp³-hybridized carbons (Fsp3) is 0.133. The number of aromatic nitrogens is 1. The Kier molecular flexibility index (Phi) is 3.89. The van der Waals surface area contributed by atoms with Crippen molar-refractivity contribution in [1.82, 2.24) is 4.98 Å². The highest BCUT2D eigenvalue weighted by atomic mass is 16.1. The zero-order chi connectivity index (χ0) is 13.7. The molecule has 0 spiro atoms. The van der Waals surface area contributed by atoms with Crippen molar-refractivity contribution in [3.05, 3.63) is 59.4 Å². The largest absolute Gasteiger partial charge is 0.369 e. The van der Waals surface area contributed by atoms with Gasteiger partial charge in [0.2, 0.25) is 0 Å². The molecule has 2 aromatic rings. The number of aldehydes is 1. The molecular weight excluding hydrogens is 238 g/mol. The standard InChI is InChI=1S/C15H13N3O/c1-18(10-12-4-6-17-7-5-12)15-3-2-13(11-19)8-14(15)9-16/h2-8,11H,10H2,1H3. The molecule has 4 nitrogen and oxygen atoms in total. The summed E-state index contributed by atoms with van der Waals surface area (Å²) in [5.74, 6) is 0. The van der Waals surface area contributed by atoms with Crippen molar-refractivity contribution in [3.8, 4) is 6.07 Å². The zero-order valence-corrected chi connectivity index (χ0v) is 10.6. The Morgan fingerprint density at radius 1 is 1.32 bits per heavy atom. The third-order valence-electron chi connectivity index (χ3n) is 2.86. The molecule has 2 rings (SSSR count). The van der Waals surface area contributed by atoms with Crippen LogP contribution in [-0.2, 0) is 6.54 Å². The molecule has 0 aliphatic rings. The maximum Gasteiger partial charge on any atom is 0.150 e. The minimum Gasteiger partial charge on any atom is -0.369 e. The topological polar surface area (TPSA) is 57.0 Å². The molecule has 1 heterocycles. The first-order chi connectivity index (χ1) is 9.24. The lowest BCUT2D eigenvalue weighted by Crippen LogP contribution is -2.17. The third kappa shape index (κ3) is 2.96. The quantitative estimate of drug-likeness (QED) is 0.783. The fourth-order valence-corrected chi connectivity index (χ4v) is 1.90. The van der Waals surface area contributed by atoms with E-state index in [-0.39, 0.29) is 0 Å². The molecule has 0 aliphatic carbocycles. The number of anilines is 1. The van der Waals surface area contributed by atoms with E-state index >= 15 is 0 Å². The summed E-state index contributed by atoms with van der Waals surface area (Å²) >= 11 is 0. The first kappa shape index (κ1) is 12.8. The second kappa shape index (κ2) is 5.78. The molecule has 0 saturated heterocycles. The lowest BCUT2D eigenvalue weighted by molar-refractivity contribution is 0.112. The van der Waals surface area contributed by atoms with Crippen LogP contribution in [0.2, 0.25) is 0 Å². The van der Waals surface area contributed by atoms with Crippen molar-refractivity contribution in [2.45, 2.75) is 6.54 Å². The Labute approximate surface area is 111 Å². The van der Waals surface area contributed by atoms with Crippen molar-refractivity contribution in [3.63, 3.8) is 0 Å². The number of carbonyl (C=O) groups excluding carboxylic acids is 1. The molecule has 1 aromatic heterocycles. The molecule has 0 aliphatic heterocycles. The summed E-state index contributed by atoms with van der Waals surface area (Å²) in [4.78, 5) is 16.7. The lowest BCUT2D eigenvalue weighted by atomic mass is 10.1. The average molecular weight is 251 g/mol. The molecule has 19 heavy (non-hydrogen) atoms. The van der Waals surface area contributed by atoms with Gasteiger partial charge in [0.1, 0.15) is 12.4 Å². The summed E-state index contributed by atoms with van der Waals surface area (Å²) in [5.41, 5.74) is 2.93. The van der Waals surface area contributed by atoms with Crippen LogP contribution in [0.3, 0.4) is 0 Å². The van der Waals surface area contributed by atoms with Gasteiger partial charge < -0.3 is 4.90 Å². The van der Waals surface area contributed by atoms with E-state index in [0.29, 0.717) is 17.7 Å². The van der Waals surface area contributed by atoms with Crippen LogP contribution in [0.4, 0.5) is 5.69 Å². The highest BCUT2D eigenvalue weighted by Gasteiger charge is 2.08. The van der Waals surface area contributed by atoms with E-state index in [1.807, 2.05) is 24.1 Å². The van der Waals surface area contributed by atoms with Crippen molar-refractivity contribution in [1.29, 1.82) is 5.26 Å². The number of rotatable bonds is 4. The number of pyridine rings is 1. The maximum atomic E-state index is 10.7. The number of nitriles is 1. The zero-order valence-electron chi connectivity index (χ0n) is 10.6. The second-order valence-electron chi connectivity index (χ2n) is 4.22. The summed E-state index contributed by atoms with van der Waals surface area (Å²) in [6, 6.07) is 11.1. The molecule has 0 bridgehead atoms. The predicted molar refractivity (Wildman–Crippen MR) is 72.9 cm³/mol. The van der Waals surface area contributed by atoms with Gasteiger partial charge in [-0.25, -0.2) is 0 Å². The molecule has 0 atom stereocenters.